The van der Waals surface area contributed by atoms with Gasteiger partial charge in [-0.15, -0.1) is 0 Å². The maximum atomic E-state index is 14.1. The van der Waals surface area contributed by atoms with E-state index in [0.717, 1.165) is 14.3 Å². The summed E-state index contributed by atoms with van der Waals surface area (Å²) in [5.74, 6) is 0.223. The van der Waals surface area contributed by atoms with Crippen molar-refractivity contribution in [3.05, 3.63) is 76.8 Å². The number of rotatable bonds is 14. The number of halogens is 1. The number of sulfonamides is 1. The number of ether oxygens (including phenoxy) is 3. The molecule has 0 aliphatic carbocycles. The maximum absolute atomic E-state index is 14.1. The van der Waals surface area contributed by atoms with Crippen LogP contribution in [0.1, 0.15) is 26.3 Å². The van der Waals surface area contributed by atoms with E-state index in [1.807, 2.05) is 31.2 Å². The summed E-state index contributed by atoms with van der Waals surface area (Å²) in [6.45, 7) is 5.60. The second-order valence-electron chi connectivity index (χ2n) is 9.17. The first-order valence-corrected chi connectivity index (χ1v) is 15.6. The lowest BCUT2D eigenvalue weighted by atomic mass is 10.1. The first-order valence-electron chi connectivity index (χ1n) is 13.3. The zero-order valence-corrected chi connectivity index (χ0v) is 26.7. The summed E-state index contributed by atoms with van der Waals surface area (Å²) in [5.41, 5.74) is 1.02. The van der Waals surface area contributed by atoms with Crippen LogP contribution in [0.15, 0.2) is 76.1 Å². The van der Waals surface area contributed by atoms with Crippen LogP contribution in [0.3, 0.4) is 0 Å². The Bertz CT molecular complexity index is 1470. The van der Waals surface area contributed by atoms with Gasteiger partial charge in [0.2, 0.25) is 11.8 Å². The number of likely N-dealkylation sites (N-methyl/N-ethyl adjacent to an activating group) is 1. The number of carbonyl (C=O) groups is 2. The molecule has 0 saturated carbocycles. The van der Waals surface area contributed by atoms with E-state index < -0.39 is 28.5 Å². The molecule has 42 heavy (non-hydrogen) atoms. The van der Waals surface area contributed by atoms with Gasteiger partial charge in [-0.25, -0.2) is 8.42 Å². The second kappa shape index (κ2) is 14.9. The lowest BCUT2D eigenvalue weighted by Gasteiger charge is -2.32. The molecule has 0 aromatic heterocycles. The van der Waals surface area contributed by atoms with Crippen molar-refractivity contribution in [1.29, 1.82) is 0 Å². The number of hydrogen-bond donors (Lipinski definition) is 1. The number of hydrogen-bond acceptors (Lipinski definition) is 7. The summed E-state index contributed by atoms with van der Waals surface area (Å²) in [6.07, 6.45) is 0. The summed E-state index contributed by atoms with van der Waals surface area (Å²) in [7, 11) is -1.44. The van der Waals surface area contributed by atoms with Gasteiger partial charge in [-0.05, 0) is 74.9 Å². The molecule has 0 aliphatic heterocycles. The predicted octanol–water partition coefficient (Wildman–Crippen LogP) is 4.61. The maximum Gasteiger partial charge on any atom is 0.264 e. The minimum atomic E-state index is -4.30. The Morgan fingerprint density at radius 3 is 2.14 bits per heavy atom. The Labute approximate surface area is 255 Å². The molecular formula is C30H36BrN3O7S. The van der Waals surface area contributed by atoms with E-state index in [2.05, 4.69) is 21.2 Å². The largest absolute Gasteiger partial charge is 0.494 e. The van der Waals surface area contributed by atoms with Crippen LogP contribution in [-0.2, 0) is 26.2 Å². The van der Waals surface area contributed by atoms with Gasteiger partial charge in [0.25, 0.3) is 10.0 Å². The number of anilines is 1. The van der Waals surface area contributed by atoms with Gasteiger partial charge >= 0.3 is 0 Å². The zero-order valence-electron chi connectivity index (χ0n) is 24.3. The molecule has 3 aromatic carbocycles. The van der Waals surface area contributed by atoms with E-state index in [1.165, 1.54) is 37.3 Å². The van der Waals surface area contributed by atoms with Crippen LogP contribution >= 0.6 is 15.9 Å². The van der Waals surface area contributed by atoms with Crippen LogP contribution < -0.4 is 23.8 Å². The highest BCUT2D eigenvalue weighted by molar-refractivity contribution is 9.10. The highest BCUT2D eigenvalue weighted by Crippen LogP contribution is 2.33. The van der Waals surface area contributed by atoms with Gasteiger partial charge in [0.05, 0.1) is 31.4 Å². The molecule has 0 bridgehead atoms. The molecule has 0 aliphatic rings. The van der Waals surface area contributed by atoms with E-state index in [-0.39, 0.29) is 28.8 Å². The number of benzene rings is 3. The van der Waals surface area contributed by atoms with E-state index in [9.17, 15) is 18.0 Å². The molecule has 0 heterocycles. The smallest absolute Gasteiger partial charge is 0.264 e. The average Bonchev–Trinajstić information content (AvgIpc) is 2.99. The summed E-state index contributed by atoms with van der Waals surface area (Å²) in [5, 5.41) is 2.75. The van der Waals surface area contributed by atoms with E-state index >= 15 is 0 Å². The van der Waals surface area contributed by atoms with Gasteiger partial charge in [-0.2, -0.15) is 0 Å². The lowest BCUT2D eigenvalue weighted by Crippen LogP contribution is -2.51. The van der Waals surface area contributed by atoms with Crippen molar-refractivity contribution >= 4 is 43.5 Å². The van der Waals surface area contributed by atoms with Crippen LogP contribution in [0.2, 0.25) is 0 Å². The Kier molecular flexibility index (Phi) is 11.6. The van der Waals surface area contributed by atoms with Crippen LogP contribution in [0.25, 0.3) is 0 Å². The highest BCUT2D eigenvalue weighted by Gasteiger charge is 2.33. The van der Waals surface area contributed by atoms with Crippen LogP contribution in [0, 0.1) is 0 Å². The molecule has 1 N–H and O–H groups in total. The van der Waals surface area contributed by atoms with E-state index in [1.54, 1.807) is 38.1 Å². The molecule has 0 radical (unpaired) electrons. The van der Waals surface area contributed by atoms with E-state index in [0.29, 0.717) is 24.7 Å². The summed E-state index contributed by atoms with van der Waals surface area (Å²) < 4.78 is 46.2. The number of carbonyl (C=O) groups excluding carboxylic acids is 2. The number of methoxy groups -OCH3 is 2. The molecule has 12 heteroatoms. The molecule has 10 nitrogen and oxygen atoms in total. The van der Waals surface area contributed by atoms with Gasteiger partial charge in [0.1, 0.15) is 18.3 Å². The van der Waals surface area contributed by atoms with Gasteiger partial charge < -0.3 is 24.4 Å². The minimum absolute atomic E-state index is 0.0952. The Morgan fingerprint density at radius 1 is 0.929 bits per heavy atom. The predicted molar refractivity (Wildman–Crippen MR) is 165 cm³/mol. The first-order chi connectivity index (χ1) is 20.0. The summed E-state index contributed by atoms with van der Waals surface area (Å²) in [6, 6.07) is 17.1. The fraction of sp³-hybridized carbons (Fsp3) is 0.333. The molecule has 2 amide bonds. The molecule has 1 atom stereocenters. The van der Waals surface area contributed by atoms with Gasteiger partial charge in [0, 0.05) is 23.6 Å². The SMILES string of the molecule is CCNC(=O)C(C)N(Cc1ccc(Br)cc1)C(=O)CN(c1ccc(OCC)cc1)S(=O)(=O)c1ccc(OC)c(OC)c1. The van der Waals surface area contributed by atoms with E-state index in [4.69, 9.17) is 14.2 Å². The second-order valence-corrected chi connectivity index (χ2v) is 12.0. The monoisotopic (exact) mass is 661 g/mol. The molecule has 1 unspecified atom stereocenters. The zero-order chi connectivity index (χ0) is 30.9. The third-order valence-electron chi connectivity index (χ3n) is 6.44. The standard InChI is InChI=1S/C30H36BrN3O7S/c1-6-32-30(36)21(3)33(19-22-8-10-23(31)11-9-22)29(35)20-34(24-12-14-25(15-13-24)41-7-2)42(37,38)26-16-17-27(39-4)28(18-26)40-5/h8-18,21H,6-7,19-20H2,1-5H3,(H,32,36). The van der Waals surface area contributed by atoms with Crippen LogP contribution in [0.4, 0.5) is 5.69 Å². The van der Waals surface area contributed by atoms with Crippen LogP contribution in [0.5, 0.6) is 17.2 Å². The van der Waals surface area contributed by atoms with Crippen molar-refractivity contribution in [1.82, 2.24) is 10.2 Å². The average molecular weight is 663 g/mol. The number of nitrogens with one attached hydrogen (secondary N) is 1. The minimum Gasteiger partial charge on any atom is -0.494 e. The van der Waals surface area contributed by atoms with Crippen LogP contribution in [-0.4, -0.2) is 65.1 Å². The first kappa shape index (κ1) is 32.7. The Morgan fingerprint density at radius 2 is 1.57 bits per heavy atom. The Balaban J connectivity index is 2.07. The van der Waals surface area contributed by atoms with Crippen molar-refractivity contribution in [3.8, 4) is 17.2 Å². The van der Waals surface area contributed by atoms with Crippen molar-refractivity contribution in [2.24, 2.45) is 0 Å². The van der Waals surface area contributed by atoms with Gasteiger partial charge in [-0.3, -0.25) is 13.9 Å². The molecule has 0 fully saturated rings. The van der Waals surface area contributed by atoms with Crippen molar-refractivity contribution in [2.75, 3.05) is 38.2 Å². The molecule has 3 aromatic rings. The highest BCUT2D eigenvalue weighted by atomic mass is 79.9. The fourth-order valence-electron chi connectivity index (χ4n) is 4.20. The molecule has 0 saturated heterocycles. The molecular weight excluding hydrogens is 626 g/mol. The molecule has 226 valence electrons. The van der Waals surface area contributed by atoms with Gasteiger partial charge in [-0.1, -0.05) is 28.1 Å². The topological polar surface area (TPSA) is 114 Å². The third-order valence-corrected chi connectivity index (χ3v) is 8.74. The van der Waals surface area contributed by atoms with Crippen molar-refractivity contribution in [2.45, 2.75) is 38.3 Å². The number of amides is 2. The van der Waals surface area contributed by atoms with Crippen molar-refractivity contribution < 1.29 is 32.2 Å². The van der Waals surface area contributed by atoms with Crippen molar-refractivity contribution in [3.63, 3.8) is 0 Å². The quantitative estimate of drug-likeness (QED) is 0.268. The van der Waals surface area contributed by atoms with Gasteiger partial charge in [0.15, 0.2) is 11.5 Å². The lowest BCUT2D eigenvalue weighted by molar-refractivity contribution is -0.139. The molecule has 3 rings (SSSR count). The summed E-state index contributed by atoms with van der Waals surface area (Å²) >= 11 is 3.41. The molecule has 0 spiro atoms. The Hall–Kier alpha value is -3.77. The third kappa shape index (κ3) is 7.95. The summed E-state index contributed by atoms with van der Waals surface area (Å²) in [4.78, 5) is 28.1. The number of nitrogens with zero attached hydrogens (tertiary/aromatic N) is 2. The normalized spacial score (nSPS) is 11.8. The fourth-order valence-corrected chi connectivity index (χ4v) is 5.89.